The first kappa shape index (κ1) is 26.5. The number of rotatable bonds is 9. The maximum absolute atomic E-state index is 13.3. The number of benzene rings is 2. The minimum absolute atomic E-state index is 0.00967. The number of aryl methyl sites for hydroxylation is 1. The Bertz CT molecular complexity index is 1300. The first-order valence-electron chi connectivity index (χ1n) is 12.3. The fourth-order valence-corrected chi connectivity index (χ4v) is 4.64. The van der Waals surface area contributed by atoms with E-state index in [-0.39, 0.29) is 27.8 Å². The van der Waals surface area contributed by atoms with E-state index in [2.05, 4.69) is 25.5 Å². The van der Waals surface area contributed by atoms with Crippen molar-refractivity contribution in [2.24, 2.45) is 0 Å². The van der Waals surface area contributed by atoms with Crippen LogP contribution in [0, 0.1) is 12.7 Å². The predicted octanol–water partition coefficient (Wildman–Crippen LogP) is 5.46. The van der Waals surface area contributed by atoms with E-state index in [0.717, 1.165) is 38.2 Å². The summed E-state index contributed by atoms with van der Waals surface area (Å²) >= 11 is 5.98. The summed E-state index contributed by atoms with van der Waals surface area (Å²) in [5.41, 5.74) is 2.07. The van der Waals surface area contributed by atoms with Crippen molar-refractivity contribution in [2.45, 2.75) is 39.0 Å². The molecule has 1 aromatic heterocycles. The number of anilines is 2. The first-order chi connectivity index (χ1) is 17.8. The zero-order chi connectivity index (χ0) is 26.4. The number of carbonyl (C=O) groups excluding carboxylic acids is 3. The minimum atomic E-state index is -0.530. The van der Waals surface area contributed by atoms with Crippen molar-refractivity contribution in [1.29, 1.82) is 0 Å². The molecule has 10 heteroatoms. The lowest BCUT2D eigenvalue weighted by Crippen LogP contribution is -2.30. The van der Waals surface area contributed by atoms with E-state index in [1.165, 1.54) is 31.7 Å². The van der Waals surface area contributed by atoms with Gasteiger partial charge in [-0.3, -0.25) is 14.4 Å². The lowest BCUT2D eigenvalue weighted by Gasteiger charge is -2.26. The second-order valence-corrected chi connectivity index (χ2v) is 9.52. The van der Waals surface area contributed by atoms with Gasteiger partial charge in [-0.1, -0.05) is 18.0 Å². The summed E-state index contributed by atoms with van der Waals surface area (Å²) in [5, 5.41) is 5.52. The predicted molar refractivity (Wildman–Crippen MR) is 141 cm³/mol. The molecule has 1 fully saturated rings. The quantitative estimate of drug-likeness (QED) is 0.321. The summed E-state index contributed by atoms with van der Waals surface area (Å²) < 4.78 is 13.3. The number of halogens is 2. The Morgan fingerprint density at radius 2 is 1.84 bits per heavy atom. The Labute approximate surface area is 219 Å². The maximum atomic E-state index is 13.3. The molecule has 0 saturated carbocycles. The molecule has 0 bridgehead atoms. The van der Waals surface area contributed by atoms with Gasteiger partial charge in [0.05, 0.1) is 16.9 Å². The summed E-state index contributed by atoms with van der Waals surface area (Å²) in [7, 11) is 0. The fraction of sp³-hybridized carbons (Fsp3) is 0.333. The van der Waals surface area contributed by atoms with Gasteiger partial charge >= 0.3 is 0 Å². The van der Waals surface area contributed by atoms with E-state index in [0.29, 0.717) is 23.4 Å². The van der Waals surface area contributed by atoms with E-state index in [1.807, 2.05) is 0 Å². The number of aromatic amines is 1. The molecule has 0 unspecified atom stereocenters. The molecule has 3 aromatic rings. The average molecular weight is 526 g/mol. The lowest BCUT2D eigenvalue weighted by atomic mass is 10.1. The van der Waals surface area contributed by atoms with Crippen molar-refractivity contribution >= 4 is 40.6 Å². The summed E-state index contributed by atoms with van der Waals surface area (Å²) in [6, 6.07) is 8.51. The van der Waals surface area contributed by atoms with Crippen molar-refractivity contribution in [3.8, 4) is 0 Å². The molecule has 1 saturated heterocycles. The molecular weight excluding hydrogens is 497 g/mol. The van der Waals surface area contributed by atoms with Crippen molar-refractivity contribution in [2.75, 3.05) is 30.3 Å². The van der Waals surface area contributed by atoms with Crippen molar-refractivity contribution < 1.29 is 18.8 Å². The van der Waals surface area contributed by atoms with E-state index in [1.54, 1.807) is 25.1 Å². The largest absolute Gasteiger partial charge is 0.340 e. The van der Waals surface area contributed by atoms with Gasteiger partial charge in [-0.25, -0.2) is 9.37 Å². The van der Waals surface area contributed by atoms with Crippen LogP contribution in [0.1, 0.15) is 69.0 Å². The molecule has 8 nitrogen and oxygen atoms in total. The molecular formula is C27H29ClFN5O3. The van der Waals surface area contributed by atoms with Gasteiger partial charge in [0.1, 0.15) is 17.2 Å². The van der Waals surface area contributed by atoms with Gasteiger partial charge in [-0.05, 0) is 87.8 Å². The van der Waals surface area contributed by atoms with Crippen LogP contribution in [0.5, 0.6) is 0 Å². The van der Waals surface area contributed by atoms with Crippen LogP contribution in [0.3, 0.4) is 0 Å². The lowest BCUT2D eigenvalue weighted by molar-refractivity contribution is 0.0952. The molecule has 2 aromatic carbocycles. The second-order valence-electron chi connectivity index (χ2n) is 9.12. The van der Waals surface area contributed by atoms with Gasteiger partial charge in [0, 0.05) is 17.8 Å². The smallest absolute Gasteiger partial charge is 0.274 e. The van der Waals surface area contributed by atoms with Gasteiger partial charge in [0.15, 0.2) is 5.78 Å². The Morgan fingerprint density at radius 3 is 2.57 bits per heavy atom. The first-order valence-corrected chi connectivity index (χ1v) is 12.7. The monoisotopic (exact) mass is 525 g/mol. The van der Waals surface area contributed by atoms with Gasteiger partial charge in [0.2, 0.25) is 0 Å². The number of aromatic nitrogens is 2. The van der Waals surface area contributed by atoms with Crippen molar-refractivity contribution in [3.63, 3.8) is 0 Å². The van der Waals surface area contributed by atoms with Gasteiger partial charge in [-0.2, -0.15) is 0 Å². The third-order valence-corrected chi connectivity index (χ3v) is 6.68. The van der Waals surface area contributed by atoms with Gasteiger partial charge < -0.3 is 20.5 Å². The molecule has 2 amide bonds. The summed E-state index contributed by atoms with van der Waals surface area (Å²) in [6.07, 6.45) is 6.07. The molecule has 1 aliphatic heterocycles. The van der Waals surface area contributed by atoms with Crippen LogP contribution < -0.4 is 10.6 Å². The SMILES string of the molecule is Cc1cc(NC(=O)c2[nH]cnc2C(=O)CCCN2CCCCC2)ccc1NC(=O)c1ccc(F)cc1Cl. The summed E-state index contributed by atoms with van der Waals surface area (Å²) in [4.78, 5) is 47.4. The molecule has 0 atom stereocenters. The highest BCUT2D eigenvalue weighted by molar-refractivity contribution is 6.34. The molecule has 37 heavy (non-hydrogen) atoms. The number of H-pyrrole nitrogens is 1. The number of hydrogen-bond acceptors (Lipinski definition) is 5. The van der Waals surface area contributed by atoms with Gasteiger partial charge in [0.25, 0.3) is 11.8 Å². The Kier molecular flexibility index (Phi) is 8.68. The number of Topliss-reactive ketones (excluding diaryl/α,β-unsaturated/α-hetero) is 1. The zero-order valence-electron chi connectivity index (χ0n) is 20.6. The van der Waals surface area contributed by atoms with Crippen LogP contribution in [0.15, 0.2) is 42.7 Å². The van der Waals surface area contributed by atoms with E-state index < -0.39 is 17.6 Å². The Hall–Kier alpha value is -3.56. The summed E-state index contributed by atoms with van der Waals surface area (Å²) in [5.74, 6) is -1.66. The van der Waals surface area contributed by atoms with Crippen molar-refractivity contribution in [3.05, 3.63) is 76.1 Å². The van der Waals surface area contributed by atoms with E-state index in [4.69, 9.17) is 11.6 Å². The van der Waals surface area contributed by atoms with E-state index >= 15 is 0 Å². The summed E-state index contributed by atoms with van der Waals surface area (Å²) in [6.45, 7) is 4.79. The molecule has 0 aliphatic carbocycles. The van der Waals surface area contributed by atoms with E-state index in [9.17, 15) is 18.8 Å². The van der Waals surface area contributed by atoms with Crippen LogP contribution in [0.2, 0.25) is 5.02 Å². The standard InChI is InChI=1S/C27H29ClFN5O3/c1-17-14-19(8-10-22(17)33-26(36)20-9-7-18(29)15-21(20)28)32-27(37)25-24(30-16-31-25)23(35)6-5-13-34-11-3-2-4-12-34/h7-10,14-16H,2-6,11-13H2,1H3,(H,30,31)(H,32,37)(H,33,36). The normalized spacial score (nSPS) is 13.8. The number of nitrogens with zero attached hydrogens (tertiary/aromatic N) is 2. The second kappa shape index (κ2) is 12.1. The Morgan fingerprint density at radius 1 is 1.05 bits per heavy atom. The molecule has 0 spiro atoms. The molecule has 0 radical (unpaired) electrons. The number of nitrogens with one attached hydrogen (secondary N) is 3. The number of hydrogen-bond donors (Lipinski definition) is 3. The van der Waals surface area contributed by atoms with Crippen LogP contribution in [0.25, 0.3) is 0 Å². The van der Waals surface area contributed by atoms with Crippen LogP contribution in [-0.4, -0.2) is 52.1 Å². The third-order valence-electron chi connectivity index (χ3n) is 6.37. The minimum Gasteiger partial charge on any atom is -0.340 e. The Balaban J connectivity index is 1.35. The zero-order valence-corrected chi connectivity index (χ0v) is 21.3. The highest BCUT2D eigenvalue weighted by atomic mass is 35.5. The molecule has 194 valence electrons. The van der Waals surface area contributed by atoms with Crippen molar-refractivity contribution in [1.82, 2.24) is 14.9 Å². The highest BCUT2D eigenvalue weighted by Gasteiger charge is 2.21. The number of carbonyl (C=O) groups is 3. The molecule has 1 aliphatic rings. The highest BCUT2D eigenvalue weighted by Crippen LogP contribution is 2.23. The fourth-order valence-electron chi connectivity index (χ4n) is 4.38. The van der Waals surface area contributed by atoms with Crippen LogP contribution >= 0.6 is 11.6 Å². The van der Waals surface area contributed by atoms with Gasteiger partial charge in [-0.15, -0.1) is 0 Å². The van der Waals surface area contributed by atoms with Crippen LogP contribution in [-0.2, 0) is 0 Å². The number of amides is 2. The number of piperidine rings is 1. The number of imidazole rings is 1. The molecule has 3 N–H and O–H groups in total. The topological polar surface area (TPSA) is 107 Å². The van der Waals surface area contributed by atoms with Crippen LogP contribution in [0.4, 0.5) is 15.8 Å². The maximum Gasteiger partial charge on any atom is 0.274 e. The third kappa shape index (κ3) is 6.81. The number of ketones is 1. The molecule has 2 heterocycles. The molecule has 4 rings (SSSR count). The number of likely N-dealkylation sites (tertiary alicyclic amines) is 1. The average Bonchev–Trinajstić information content (AvgIpc) is 3.37.